The highest BCUT2D eigenvalue weighted by Crippen LogP contribution is 2.18. The molecule has 0 aromatic heterocycles. The SMILES string of the molecule is CC.CC(=O)N1CCC(Oc2ccccc2)CC1.Cc1cc(N)cc(C(=O)NCc2ccccc2)c1. The predicted molar refractivity (Wildman–Crippen MR) is 147 cm³/mol. The lowest BCUT2D eigenvalue weighted by molar-refractivity contribution is -0.130. The number of nitrogen functional groups attached to an aromatic ring is 1. The minimum absolute atomic E-state index is 0.103. The second kappa shape index (κ2) is 15.2. The molecule has 0 atom stereocenters. The Bertz CT molecular complexity index is 1040. The molecule has 1 aliphatic heterocycles. The third kappa shape index (κ3) is 9.82. The first-order chi connectivity index (χ1) is 17.4. The molecule has 4 rings (SSSR count). The molecule has 36 heavy (non-hydrogen) atoms. The maximum Gasteiger partial charge on any atom is 0.251 e. The second-order valence-corrected chi connectivity index (χ2v) is 8.44. The first kappa shape index (κ1) is 28.4. The number of ether oxygens (including phenoxy) is 1. The molecular formula is C30H39N3O3. The van der Waals surface area contributed by atoms with Crippen LogP contribution in [0.15, 0.2) is 78.9 Å². The Balaban J connectivity index is 0.000000239. The van der Waals surface area contributed by atoms with Crippen LogP contribution in [0.4, 0.5) is 5.69 Å². The third-order valence-corrected chi connectivity index (χ3v) is 5.59. The van der Waals surface area contributed by atoms with Gasteiger partial charge in [0.2, 0.25) is 5.91 Å². The molecule has 3 aromatic carbocycles. The van der Waals surface area contributed by atoms with Gasteiger partial charge in [0.25, 0.3) is 5.91 Å². The molecule has 0 unspecified atom stereocenters. The van der Waals surface area contributed by atoms with Crippen molar-refractivity contribution in [2.45, 2.75) is 53.2 Å². The zero-order valence-corrected chi connectivity index (χ0v) is 21.9. The van der Waals surface area contributed by atoms with E-state index in [2.05, 4.69) is 5.32 Å². The fourth-order valence-electron chi connectivity index (χ4n) is 3.80. The molecule has 3 N–H and O–H groups in total. The highest BCUT2D eigenvalue weighted by molar-refractivity contribution is 5.95. The van der Waals surface area contributed by atoms with Crippen molar-refractivity contribution in [1.82, 2.24) is 10.2 Å². The van der Waals surface area contributed by atoms with Crippen LogP contribution >= 0.6 is 0 Å². The molecule has 1 aliphatic rings. The molecule has 2 amide bonds. The van der Waals surface area contributed by atoms with Crippen molar-refractivity contribution in [1.29, 1.82) is 0 Å². The van der Waals surface area contributed by atoms with Gasteiger partial charge in [0, 0.05) is 50.7 Å². The fourth-order valence-corrected chi connectivity index (χ4v) is 3.80. The fraction of sp³-hybridized carbons (Fsp3) is 0.333. The van der Waals surface area contributed by atoms with E-state index < -0.39 is 0 Å². The van der Waals surface area contributed by atoms with Crippen molar-refractivity contribution in [3.8, 4) is 5.75 Å². The number of aryl methyl sites for hydroxylation is 1. The van der Waals surface area contributed by atoms with Gasteiger partial charge >= 0.3 is 0 Å². The highest BCUT2D eigenvalue weighted by atomic mass is 16.5. The quantitative estimate of drug-likeness (QED) is 0.456. The summed E-state index contributed by atoms with van der Waals surface area (Å²) in [6.45, 7) is 9.69. The van der Waals surface area contributed by atoms with Crippen LogP contribution in [-0.2, 0) is 11.3 Å². The number of nitrogens with zero attached hydrogens (tertiary/aromatic N) is 1. The number of amides is 2. The van der Waals surface area contributed by atoms with Crippen LogP contribution in [0.2, 0.25) is 0 Å². The van der Waals surface area contributed by atoms with Gasteiger partial charge in [-0.25, -0.2) is 0 Å². The number of anilines is 1. The molecule has 0 radical (unpaired) electrons. The van der Waals surface area contributed by atoms with Crippen LogP contribution < -0.4 is 15.8 Å². The number of rotatable bonds is 5. The van der Waals surface area contributed by atoms with Gasteiger partial charge in [0.15, 0.2) is 0 Å². The molecule has 1 fully saturated rings. The number of carbonyl (C=O) groups is 2. The van der Waals surface area contributed by atoms with Crippen molar-refractivity contribution >= 4 is 17.5 Å². The Hall–Kier alpha value is -3.80. The number of piperidine rings is 1. The Kier molecular flexibility index (Phi) is 12.0. The monoisotopic (exact) mass is 489 g/mol. The molecule has 1 saturated heterocycles. The molecular weight excluding hydrogens is 450 g/mol. The van der Waals surface area contributed by atoms with Crippen LogP contribution in [0.25, 0.3) is 0 Å². The average molecular weight is 490 g/mol. The van der Waals surface area contributed by atoms with Gasteiger partial charge in [0.05, 0.1) is 0 Å². The first-order valence-corrected chi connectivity index (χ1v) is 12.6. The number of para-hydroxylation sites is 1. The summed E-state index contributed by atoms with van der Waals surface area (Å²) >= 11 is 0. The Morgan fingerprint density at radius 2 is 1.53 bits per heavy atom. The Labute approximate surface area is 215 Å². The van der Waals surface area contributed by atoms with Gasteiger partial charge in [-0.2, -0.15) is 0 Å². The minimum Gasteiger partial charge on any atom is -0.490 e. The standard InChI is InChI=1S/C15H16N2O.C13H17NO2.C2H6/c1-11-7-13(9-14(16)8-11)15(18)17-10-12-5-3-2-4-6-12;1-11(15)14-9-7-13(8-10-14)16-12-5-3-2-4-6-12;1-2/h2-9H,10,16H2,1H3,(H,17,18);2-6,13H,7-10H2,1H3;1-2H3. The number of nitrogens with two attached hydrogens (primary N) is 1. The van der Waals surface area contributed by atoms with E-state index in [-0.39, 0.29) is 17.9 Å². The molecule has 3 aromatic rings. The molecule has 0 aliphatic carbocycles. The highest BCUT2D eigenvalue weighted by Gasteiger charge is 2.21. The normalized spacial score (nSPS) is 12.8. The predicted octanol–water partition coefficient (Wildman–Crippen LogP) is 5.61. The van der Waals surface area contributed by atoms with Crippen molar-refractivity contribution < 1.29 is 14.3 Å². The summed E-state index contributed by atoms with van der Waals surface area (Å²) in [4.78, 5) is 25.0. The lowest BCUT2D eigenvalue weighted by Gasteiger charge is -2.31. The first-order valence-electron chi connectivity index (χ1n) is 12.6. The van der Waals surface area contributed by atoms with Crippen molar-refractivity contribution in [2.75, 3.05) is 18.8 Å². The van der Waals surface area contributed by atoms with Crippen LogP contribution in [-0.4, -0.2) is 35.9 Å². The van der Waals surface area contributed by atoms with E-state index in [1.807, 2.05) is 98.5 Å². The van der Waals surface area contributed by atoms with Crippen LogP contribution in [0.3, 0.4) is 0 Å². The van der Waals surface area contributed by atoms with Gasteiger partial charge < -0.3 is 20.7 Å². The zero-order valence-electron chi connectivity index (χ0n) is 21.9. The lowest BCUT2D eigenvalue weighted by Crippen LogP contribution is -2.40. The van der Waals surface area contributed by atoms with Crippen molar-refractivity contribution in [3.63, 3.8) is 0 Å². The molecule has 1 heterocycles. The van der Waals surface area contributed by atoms with E-state index in [0.29, 0.717) is 17.8 Å². The minimum atomic E-state index is -0.103. The van der Waals surface area contributed by atoms with Crippen LogP contribution in [0, 0.1) is 6.92 Å². The summed E-state index contributed by atoms with van der Waals surface area (Å²) in [5, 5.41) is 2.88. The van der Waals surface area contributed by atoms with Gasteiger partial charge in [-0.15, -0.1) is 0 Å². The van der Waals surface area contributed by atoms with Gasteiger partial charge in [-0.3, -0.25) is 9.59 Å². The number of hydrogen-bond acceptors (Lipinski definition) is 4. The van der Waals surface area contributed by atoms with Gasteiger partial charge in [0.1, 0.15) is 11.9 Å². The lowest BCUT2D eigenvalue weighted by atomic mass is 10.1. The Morgan fingerprint density at radius 3 is 2.08 bits per heavy atom. The molecule has 6 nitrogen and oxygen atoms in total. The smallest absolute Gasteiger partial charge is 0.251 e. The largest absolute Gasteiger partial charge is 0.490 e. The number of nitrogens with one attached hydrogen (secondary N) is 1. The summed E-state index contributed by atoms with van der Waals surface area (Å²) in [7, 11) is 0. The third-order valence-electron chi connectivity index (χ3n) is 5.59. The zero-order chi connectivity index (χ0) is 26.3. The molecule has 6 heteroatoms. The summed E-state index contributed by atoms with van der Waals surface area (Å²) in [5.41, 5.74) is 9.00. The Morgan fingerprint density at radius 1 is 0.944 bits per heavy atom. The van der Waals surface area contributed by atoms with E-state index in [0.717, 1.165) is 42.8 Å². The average Bonchev–Trinajstić information content (AvgIpc) is 2.90. The number of benzene rings is 3. The molecule has 192 valence electrons. The summed E-state index contributed by atoms with van der Waals surface area (Å²) in [5.74, 6) is 0.983. The van der Waals surface area contributed by atoms with Gasteiger partial charge in [-0.05, 0) is 48.4 Å². The molecule has 0 saturated carbocycles. The van der Waals surface area contributed by atoms with E-state index in [4.69, 9.17) is 10.5 Å². The van der Waals surface area contributed by atoms with E-state index in [1.165, 1.54) is 0 Å². The number of likely N-dealkylation sites (tertiary alicyclic amines) is 1. The number of carbonyl (C=O) groups excluding carboxylic acids is 2. The second-order valence-electron chi connectivity index (χ2n) is 8.44. The van der Waals surface area contributed by atoms with Gasteiger partial charge in [-0.1, -0.05) is 62.4 Å². The van der Waals surface area contributed by atoms with Crippen LogP contribution in [0.1, 0.15) is 55.1 Å². The van der Waals surface area contributed by atoms with E-state index in [1.54, 1.807) is 13.0 Å². The summed E-state index contributed by atoms with van der Waals surface area (Å²) in [6.07, 6.45) is 2.10. The topological polar surface area (TPSA) is 84.7 Å². The maximum atomic E-state index is 12.0. The summed E-state index contributed by atoms with van der Waals surface area (Å²) in [6, 6.07) is 25.0. The van der Waals surface area contributed by atoms with Crippen molar-refractivity contribution in [2.24, 2.45) is 0 Å². The van der Waals surface area contributed by atoms with E-state index in [9.17, 15) is 9.59 Å². The molecule has 0 bridgehead atoms. The van der Waals surface area contributed by atoms with E-state index >= 15 is 0 Å². The summed E-state index contributed by atoms with van der Waals surface area (Å²) < 4.78 is 5.85. The van der Waals surface area contributed by atoms with Crippen molar-refractivity contribution in [3.05, 3.63) is 95.6 Å². The van der Waals surface area contributed by atoms with Crippen LogP contribution in [0.5, 0.6) is 5.75 Å². The number of hydrogen-bond donors (Lipinski definition) is 2. The maximum absolute atomic E-state index is 12.0. The molecule has 0 spiro atoms.